The highest BCUT2D eigenvalue weighted by Crippen LogP contribution is 2.33. The molecule has 3 rings (SSSR count). The van der Waals surface area contributed by atoms with Crippen LogP contribution in [0.4, 0.5) is 8.78 Å². The molecule has 0 radical (unpaired) electrons. The van der Waals surface area contributed by atoms with E-state index in [4.69, 9.17) is 9.47 Å². The molecule has 0 saturated carbocycles. The summed E-state index contributed by atoms with van der Waals surface area (Å²) in [6, 6.07) is 14.1. The summed E-state index contributed by atoms with van der Waals surface area (Å²) in [5.74, 6) is -1.75. The fourth-order valence-electron chi connectivity index (χ4n) is 3.36. The lowest BCUT2D eigenvalue weighted by atomic mass is 10.1. The molecule has 1 aliphatic heterocycles. The van der Waals surface area contributed by atoms with Crippen LogP contribution in [0, 0.1) is 5.82 Å². The second kappa shape index (κ2) is 8.05. The highest BCUT2D eigenvalue weighted by molar-refractivity contribution is 5.90. The average Bonchev–Trinajstić information content (AvgIpc) is 3.09. The van der Waals surface area contributed by atoms with Crippen LogP contribution in [-0.2, 0) is 4.74 Å². The first-order valence-corrected chi connectivity index (χ1v) is 8.91. The number of methoxy groups -OCH3 is 1. The molecule has 144 valence electrons. The van der Waals surface area contributed by atoms with E-state index in [1.54, 1.807) is 0 Å². The number of esters is 1. The minimum Gasteiger partial charge on any atom is -0.494 e. The van der Waals surface area contributed by atoms with Crippen LogP contribution in [0.3, 0.4) is 0 Å². The van der Waals surface area contributed by atoms with Crippen molar-refractivity contribution in [2.45, 2.75) is 25.1 Å². The van der Waals surface area contributed by atoms with Gasteiger partial charge in [0.15, 0.2) is 17.2 Å². The zero-order valence-corrected chi connectivity index (χ0v) is 15.5. The summed E-state index contributed by atoms with van der Waals surface area (Å²) < 4.78 is 39.2. The van der Waals surface area contributed by atoms with Crippen LogP contribution in [0.5, 0.6) is 5.75 Å². The van der Waals surface area contributed by atoms with E-state index < -0.39 is 24.1 Å². The maximum absolute atomic E-state index is 15.1. The average molecular weight is 375 g/mol. The number of nitrogens with zero attached hydrogens (tertiary/aromatic N) is 1. The standard InChI is InChI=1S/C21H23F2NO3/c1-15(16-7-4-3-5-8-16)24-12-11-21(23,13-24)14-27-20(25)17-9-6-10-18(26-2)19(17)22/h3-10,15H,11-14H2,1-2H3/t15-,21?/m1/s1. The summed E-state index contributed by atoms with van der Waals surface area (Å²) in [6.07, 6.45) is 0.262. The highest BCUT2D eigenvalue weighted by atomic mass is 19.1. The van der Waals surface area contributed by atoms with Crippen molar-refractivity contribution in [1.29, 1.82) is 0 Å². The largest absolute Gasteiger partial charge is 0.494 e. The number of halogens is 2. The van der Waals surface area contributed by atoms with Crippen molar-refractivity contribution in [2.75, 3.05) is 26.8 Å². The van der Waals surface area contributed by atoms with Crippen molar-refractivity contribution in [1.82, 2.24) is 4.90 Å². The summed E-state index contributed by atoms with van der Waals surface area (Å²) in [5.41, 5.74) is -0.795. The van der Waals surface area contributed by atoms with E-state index in [9.17, 15) is 9.18 Å². The zero-order chi connectivity index (χ0) is 19.4. The summed E-state index contributed by atoms with van der Waals surface area (Å²) in [7, 11) is 1.31. The van der Waals surface area contributed by atoms with Crippen molar-refractivity contribution in [2.24, 2.45) is 0 Å². The first-order chi connectivity index (χ1) is 12.9. The van der Waals surface area contributed by atoms with E-state index in [1.165, 1.54) is 25.3 Å². The van der Waals surface area contributed by atoms with E-state index in [2.05, 4.69) is 0 Å². The molecule has 0 bridgehead atoms. The van der Waals surface area contributed by atoms with E-state index in [0.29, 0.717) is 6.54 Å². The Kier molecular flexibility index (Phi) is 5.75. The van der Waals surface area contributed by atoms with Gasteiger partial charge < -0.3 is 9.47 Å². The lowest BCUT2D eigenvalue weighted by Crippen LogP contribution is -2.35. The van der Waals surface area contributed by atoms with Crippen LogP contribution in [0.2, 0.25) is 0 Å². The number of carbonyl (C=O) groups is 1. The molecular weight excluding hydrogens is 352 g/mol. The number of alkyl halides is 1. The van der Waals surface area contributed by atoms with Crippen LogP contribution in [0.1, 0.15) is 35.3 Å². The Labute approximate surface area is 157 Å². The van der Waals surface area contributed by atoms with Crippen LogP contribution < -0.4 is 4.74 Å². The minimum atomic E-state index is -1.64. The van der Waals surface area contributed by atoms with E-state index in [1.807, 2.05) is 42.2 Å². The number of hydrogen-bond donors (Lipinski definition) is 0. The quantitative estimate of drug-likeness (QED) is 0.711. The Bertz CT molecular complexity index is 799. The van der Waals surface area contributed by atoms with Gasteiger partial charge in [0.05, 0.1) is 12.7 Å². The third-order valence-electron chi connectivity index (χ3n) is 5.03. The Balaban J connectivity index is 1.61. The molecule has 0 amide bonds. The first kappa shape index (κ1) is 19.3. The minimum absolute atomic E-state index is 0.0526. The Morgan fingerprint density at radius 3 is 2.67 bits per heavy atom. The third-order valence-corrected chi connectivity index (χ3v) is 5.03. The summed E-state index contributed by atoms with van der Waals surface area (Å²) >= 11 is 0. The summed E-state index contributed by atoms with van der Waals surface area (Å²) in [4.78, 5) is 14.2. The predicted octanol–water partition coefficient (Wildman–Crippen LogP) is 4.17. The number of carbonyl (C=O) groups excluding carboxylic acids is 1. The van der Waals surface area contributed by atoms with E-state index in [0.717, 1.165) is 5.56 Å². The molecule has 1 heterocycles. The maximum Gasteiger partial charge on any atom is 0.341 e. The first-order valence-electron chi connectivity index (χ1n) is 8.91. The van der Waals surface area contributed by atoms with Crippen molar-refractivity contribution in [3.05, 3.63) is 65.5 Å². The van der Waals surface area contributed by atoms with Crippen LogP contribution in [0.25, 0.3) is 0 Å². The molecule has 1 aliphatic rings. The molecule has 2 atom stereocenters. The second-order valence-corrected chi connectivity index (χ2v) is 6.86. The molecule has 1 unspecified atom stereocenters. The zero-order valence-electron chi connectivity index (χ0n) is 15.5. The molecular formula is C21H23F2NO3. The Hall–Kier alpha value is -2.47. The molecule has 0 N–H and O–H groups in total. The van der Waals surface area contributed by atoms with Crippen molar-refractivity contribution >= 4 is 5.97 Å². The molecule has 1 saturated heterocycles. The maximum atomic E-state index is 15.1. The van der Waals surface area contributed by atoms with Gasteiger partial charge >= 0.3 is 5.97 Å². The summed E-state index contributed by atoms with van der Waals surface area (Å²) in [5, 5.41) is 0. The van der Waals surface area contributed by atoms with E-state index in [-0.39, 0.29) is 30.3 Å². The fourth-order valence-corrected chi connectivity index (χ4v) is 3.36. The van der Waals surface area contributed by atoms with Gasteiger partial charge in [0.2, 0.25) is 0 Å². The number of ether oxygens (including phenoxy) is 2. The predicted molar refractivity (Wildman–Crippen MR) is 98.1 cm³/mol. The number of benzene rings is 2. The molecule has 0 aliphatic carbocycles. The van der Waals surface area contributed by atoms with E-state index >= 15 is 4.39 Å². The SMILES string of the molecule is COc1cccc(C(=O)OCC2(F)CCN([C@H](C)c3ccccc3)C2)c1F. The monoisotopic (exact) mass is 375 g/mol. The fraction of sp³-hybridized carbons (Fsp3) is 0.381. The van der Waals surface area contributed by atoms with Crippen LogP contribution >= 0.6 is 0 Å². The number of likely N-dealkylation sites (tertiary alicyclic amines) is 1. The molecule has 27 heavy (non-hydrogen) atoms. The van der Waals surface area contributed by atoms with Gasteiger partial charge in [-0.2, -0.15) is 0 Å². The van der Waals surface area contributed by atoms with Gasteiger partial charge in [0.1, 0.15) is 6.61 Å². The smallest absolute Gasteiger partial charge is 0.341 e. The van der Waals surface area contributed by atoms with Gasteiger partial charge in [-0.25, -0.2) is 13.6 Å². The molecule has 2 aromatic carbocycles. The molecule has 2 aromatic rings. The highest BCUT2D eigenvalue weighted by Gasteiger charge is 2.41. The molecule has 1 fully saturated rings. The molecule has 0 aromatic heterocycles. The molecule has 0 spiro atoms. The molecule has 4 nitrogen and oxygen atoms in total. The van der Waals surface area contributed by atoms with Gasteiger partial charge in [-0.15, -0.1) is 0 Å². The number of hydrogen-bond acceptors (Lipinski definition) is 4. The lowest BCUT2D eigenvalue weighted by molar-refractivity contribution is 0.0159. The lowest BCUT2D eigenvalue weighted by Gasteiger charge is -2.26. The third kappa shape index (κ3) is 4.27. The Morgan fingerprint density at radius 1 is 1.22 bits per heavy atom. The second-order valence-electron chi connectivity index (χ2n) is 6.86. The topological polar surface area (TPSA) is 38.8 Å². The van der Waals surface area contributed by atoms with Gasteiger partial charge in [0, 0.05) is 19.1 Å². The van der Waals surface area contributed by atoms with Crippen molar-refractivity contribution in [3.63, 3.8) is 0 Å². The van der Waals surface area contributed by atoms with Gasteiger partial charge in [0.25, 0.3) is 0 Å². The van der Waals surface area contributed by atoms with Crippen molar-refractivity contribution in [3.8, 4) is 5.75 Å². The molecule has 6 heteroatoms. The number of rotatable bonds is 6. The normalized spacial score (nSPS) is 21.0. The van der Waals surface area contributed by atoms with Gasteiger partial charge in [-0.3, -0.25) is 4.90 Å². The Morgan fingerprint density at radius 2 is 1.96 bits per heavy atom. The van der Waals surface area contributed by atoms with Gasteiger partial charge in [-0.05, 0) is 31.0 Å². The van der Waals surface area contributed by atoms with Gasteiger partial charge in [-0.1, -0.05) is 36.4 Å². The summed E-state index contributed by atoms with van der Waals surface area (Å²) in [6.45, 7) is 2.35. The van der Waals surface area contributed by atoms with Crippen molar-refractivity contribution < 1.29 is 23.0 Å². The van der Waals surface area contributed by atoms with Crippen LogP contribution in [-0.4, -0.2) is 43.3 Å². The van der Waals surface area contributed by atoms with Crippen LogP contribution in [0.15, 0.2) is 48.5 Å².